The lowest BCUT2D eigenvalue weighted by atomic mass is 10.0. The van der Waals surface area contributed by atoms with Gasteiger partial charge < -0.3 is 14.6 Å². The van der Waals surface area contributed by atoms with Gasteiger partial charge in [0.15, 0.2) is 0 Å². The first-order valence-corrected chi connectivity index (χ1v) is 9.52. The Kier molecular flexibility index (Phi) is 4.77. The van der Waals surface area contributed by atoms with E-state index in [0.29, 0.717) is 19.5 Å². The van der Waals surface area contributed by atoms with Crippen molar-refractivity contribution in [1.29, 1.82) is 0 Å². The lowest BCUT2D eigenvalue weighted by molar-refractivity contribution is -0.137. The number of amides is 2. The van der Waals surface area contributed by atoms with Crippen molar-refractivity contribution < 1.29 is 14.7 Å². The van der Waals surface area contributed by atoms with Gasteiger partial charge in [-0.1, -0.05) is 36.4 Å². The summed E-state index contributed by atoms with van der Waals surface area (Å²) in [6, 6.07) is 17.3. The Balaban J connectivity index is 1.56. The molecule has 1 aromatic heterocycles. The van der Waals surface area contributed by atoms with Crippen LogP contribution in [0.4, 0.5) is 4.79 Å². The molecule has 0 saturated carbocycles. The van der Waals surface area contributed by atoms with Crippen molar-refractivity contribution in [2.45, 2.75) is 24.4 Å². The van der Waals surface area contributed by atoms with Crippen LogP contribution in [-0.4, -0.2) is 33.1 Å². The number of nitrogens with one attached hydrogen (secondary N) is 1. The van der Waals surface area contributed by atoms with Crippen molar-refractivity contribution in [3.05, 3.63) is 65.9 Å². The summed E-state index contributed by atoms with van der Waals surface area (Å²) in [5.74, 6) is -0.863. The number of aromatic nitrogens is 1. The van der Waals surface area contributed by atoms with Gasteiger partial charge in [-0.3, -0.25) is 9.52 Å². The van der Waals surface area contributed by atoms with E-state index in [9.17, 15) is 14.7 Å². The lowest BCUT2D eigenvalue weighted by Gasteiger charge is -2.28. The SMILES string of the molecule is O=C(O)Cn1c2c(c3ccccc31)CN(C(=O)NSc1ccccc1)CC2. The van der Waals surface area contributed by atoms with E-state index in [-0.39, 0.29) is 12.6 Å². The van der Waals surface area contributed by atoms with Crippen LogP contribution in [0.5, 0.6) is 0 Å². The topological polar surface area (TPSA) is 74.6 Å². The highest BCUT2D eigenvalue weighted by Crippen LogP contribution is 2.31. The number of benzene rings is 2. The van der Waals surface area contributed by atoms with Crippen LogP contribution in [0.15, 0.2) is 59.5 Å². The Labute approximate surface area is 160 Å². The average molecular weight is 381 g/mol. The van der Waals surface area contributed by atoms with E-state index in [1.807, 2.05) is 59.2 Å². The van der Waals surface area contributed by atoms with Gasteiger partial charge >= 0.3 is 12.0 Å². The summed E-state index contributed by atoms with van der Waals surface area (Å²) in [7, 11) is 0. The molecule has 4 rings (SSSR count). The van der Waals surface area contributed by atoms with Crippen molar-refractivity contribution >= 4 is 34.9 Å². The maximum Gasteiger partial charge on any atom is 0.327 e. The highest BCUT2D eigenvalue weighted by molar-refractivity contribution is 7.98. The lowest BCUT2D eigenvalue weighted by Crippen LogP contribution is -2.40. The second-order valence-corrected chi connectivity index (χ2v) is 7.30. The van der Waals surface area contributed by atoms with Gasteiger partial charge in [-0.25, -0.2) is 4.79 Å². The van der Waals surface area contributed by atoms with Crippen LogP contribution in [0.2, 0.25) is 0 Å². The molecule has 1 aliphatic heterocycles. The molecule has 6 nitrogen and oxygen atoms in total. The van der Waals surface area contributed by atoms with Gasteiger partial charge in [0.25, 0.3) is 0 Å². The molecule has 2 aromatic carbocycles. The number of rotatable bonds is 4. The molecule has 7 heteroatoms. The fraction of sp³-hybridized carbons (Fsp3) is 0.200. The van der Waals surface area contributed by atoms with Gasteiger partial charge in [-0.05, 0) is 30.1 Å². The molecule has 0 bridgehead atoms. The van der Waals surface area contributed by atoms with Crippen LogP contribution < -0.4 is 4.72 Å². The minimum atomic E-state index is -0.863. The third-order valence-electron chi connectivity index (χ3n) is 4.74. The zero-order valence-electron chi connectivity index (χ0n) is 14.6. The van der Waals surface area contributed by atoms with Crippen molar-refractivity contribution in [3.63, 3.8) is 0 Å². The van der Waals surface area contributed by atoms with Crippen LogP contribution in [0.25, 0.3) is 10.9 Å². The zero-order chi connectivity index (χ0) is 18.8. The summed E-state index contributed by atoms with van der Waals surface area (Å²) >= 11 is 1.30. The third-order valence-corrected chi connectivity index (χ3v) is 5.53. The minimum absolute atomic E-state index is 0.0636. The van der Waals surface area contributed by atoms with Crippen molar-refractivity contribution in [2.24, 2.45) is 0 Å². The maximum absolute atomic E-state index is 12.6. The number of nitrogens with zero attached hydrogens (tertiary/aromatic N) is 2. The molecule has 0 saturated heterocycles. The predicted octanol–water partition coefficient (Wildman–Crippen LogP) is 3.50. The molecule has 2 N–H and O–H groups in total. The number of aliphatic carboxylic acids is 1. The fourth-order valence-electron chi connectivity index (χ4n) is 3.55. The van der Waals surface area contributed by atoms with Gasteiger partial charge in [0.05, 0.1) is 0 Å². The fourth-order valence-corrected chi connectivity index (χ4v) is 4.17. The number of urea groups is 1. The number of hydrogen-bond acceptors (Lipinski definition) is 3. The molecule has 0 fully saturated rings. The average Bonchev–Trinajstić information content (AvgIpc) is 3.00. The maximum atomic E-state index is 12.6. The van der Waals surface area contributed by atoms with Crippen molar-refractivity contribution in [1.82, 2.24) is 14.2 Å². The van der Waals surface area contributed by atoms with Crippen LogP contribution in [0, 0.1) is 0 Å². The van der Waals surface area contributed by atoms with Crippen molar-refractivity contribution in [2.75, 3.05) is 6.54 Å². The van der Waals surface area contributed by atoms with E-state index in [0.717, 1.165) is 27.1 Å². The van der Waals surface area contributed by atoms with E-state index in [2.05, 4.69) is 4.72 Å². The summed E-state index contributed by atoms with van der Waals surface area (Å²) in [5.41, 5.74) is 2.96. The summed E-state index contributed by atoms with van der Waals surface area (Å²) in [5, 5.41) is 10.3. The predicted molar refractivity (Wildman–Crippen MR) is 105 cm³/mol. The summed E-state index contributed by atoms with van der Waals surface area (Å²) < 4.78 is 4.75. The monoisotopic (exact) mass is 381 g/mol. The number of carboxylic acid groups (broad SMARTS) is 1. The molecule has 0 radical (unpaired) electrons. The van der Waals surface area contributed by atoms with Gasteiger partial charge in [-0.2, -0.15) is 0 Å². The summed E-state index contributed by atoms with van der Waals surface area (Å²) in [4.78, 5) is 26.6. The van der Waals surface area contributed by atoms with Crippen LogP contribution in [-0.2, 0) is 24.3 Å². The van der Waals surface area contributed by atoms with Crippen molar-refractivity contribution in [3.8, 4) is 0 Å². The van der Waals surface area contributed by atoms with E-state index in [1.54, 1.807) is 4.90 Å². The quantitative estimate of drug-likeness (QED) is 0.679. The molecule has 2 amide bonds. The first-order chi connectivity index (χ1) is 13.1. The number of hydrogen-bond donors (Lipinski definition) is 2. The first kappa shape index (κ1) is 17.5. The highest BCUT2D eigenvalue weighted by atomic mass is 32.2. The highest BCUT2D eigenvalue weighted by Gasteiger charge is 2.27. The third kappa shape index (κ3) is 3.50. The van der Waals surface area contributed by atoms with Crippen LogP contribution in [0.3, 0.4) is 0 Å². The van der Waals surface area contributed by atoms with E-state index in [1.165, 1.54) is 11.9 Å². The molecule has 138 valence electrons. The summed E-state index contributed by atoms with van der Waals surface area (Å²) in [6.45, 7) is 0.972. The van der Waals surface area contributed by atoms with Gasteiger partial charge in [-0.15, -0.1) is 0 Å². The smallest absolute Gasteiger partial charge is 0.327 e. The minimum Gasteiger partial charge on any atom is -0.480 e. The molecule has 2 heterocycles. The molecule has 27 heavy (non-hydrogen) atoms. The molecule has 0 aliphatic carbocycles. The Bertz CT molecular complexity index is 1000. The molecular weight excluding hydrogens is 362 g/mol. The molecular formula is C20H19N3O3S. The van der Waals surface area contributed by atoms with E-state index < -0.39 is 5.97 Å². The number of para-hydroxylation sites is 1. The Morgan fingerprint density at radius 3 is 2.59 bits per heavy atom. The number of carboxylic acids is 1. The molecule has 1 aliphatic rings. The van der Waals surface area contributed by atoms with Gasteiger partial charge in [0.2, 0.25) is 0 Å². The zero-order valence-corrected chi connectivity index (χ0v) is 15.4. The standard InChI is InChI=1S/C20H19N3O3S/c24-19(25)13-23-17-9-5-4-8-15(17)16-12-22(11-10-18(16)23)20(26)21-27-14-6-2-1-3-7-14/h1-9H,10-13H2,(H,21,26)(H,24,25). The van der Waals surface area contributed by atoms with Crippen LogP contribution >= 0.6 is 11.9 Å². The number of carbonyl (C=O) groups excluding carboxylic acids is 1. The Hall–Kier alpha value is -2.93. The Morgan fingerprint density at radius 1 is 1.07 bits per heavy atom. The van der Waals surface area contributed by atoms with E-state index >= 15 is 0 Å². The Morgan fingerprint density at radius 2 is 1.81 bits per heavy atom. The van der Waals surface area contributed by atoms with Gasteiger partial charge in [0, 0.05) is 46.6 Å². The van der Waals surface area contributed by atoms with E-state index in [4.69, 9.17) is 0 Å². The van der Waals surface area contributed by atoms with Crippen LogP contribution in [0.1, 0.15) is 11.3 Å². The molecule has 0 spiro atoms. The number of fused-ring (bicyclic) bond motifs is 3. The summed E-state index contributed by atoms with van der Waals surface area (Å²) in [6.07, 6.45) is 0.640. The molecule has 0 unspecified atom stereocenters. The molecule has 0 atom stereocenters. The largest absolute Gasteiger partial charge is 0.480 e. The first-order valence-electron chi connectivity index (χ1n) is 8.71. The second-order valence-electron chi connectivity index (χ2n) is 6.42. The molecule has 3 aromatic rings. The second kappa shape index (κ2) is 7.36. The number of carbonyl (C=O) groups is 2. The van der Waals surface area contributed by atoms with Gasteiger partial charge in [0.1, 0.15) is 6.54 Å². The normalized spacial score (nSPS) is 13.4.